The lowest BCUT2D eigenvalue weighted by Crippen LogP contribution is -2.03. The number of ether oxygens (including phenoxy) is 2. The second-order valence-corrected chi connectivity index (χ2v) is 8.86. The standard InChI is InChI=1S/C19H20NO5P/c1-23-17-10-14-15(19(21)20-16(14)11-18(17)24-2)9-12-5-7-13(8-6-12)25-26(3,4)22/h5-11H,1-4H3,(H,20,21). The molecule has 2 aromatic rings. The molecule has 0 atom stereocenters. The van der Waals surface area contributed by atoms with Crippen molar-refractivity contribution in [3.05, 3.63) is 47.5 Å². The van der Waals surface area contributed by atoms with Crippen molar-refractivity contribution in [1.82, 2.24) is 0 Å². The van der Waals surface area contributed by atoms with E-state index in [2.05, 4.69) is 5.32 Å². The highest BCUT2D eigenvalue weighted by molar-refractivity contribution is 7.57. The van der Waals surface area contributed by atoms with Gasteiger partial charge in [0.05, 0.1) is 19.9 Å². The number of anilines is 1. The fourth-order valence-corrected chi connectivity index (χ4v) is 3.34. The van der Waals surface area contributed by atoms with Gasteiger partial charge in [-0.3, -0.25) is 9.36 Å². The van der Waals surface area contributed by atoms with Gasteiger partial charge in [0.15, 0.2) is 11.5 Å². The van der Waals surface area contributed by atoms with E-state index in [4.69, 9.17) is 14.0 Å². The molecule has 0 saturated carbocycles. The topological polar surface area (TPSA) is 73.9 Å². The van der Waals surface area contributed by atoms with E-state index in [1.165, 1.54) is 0 Å². The molecule has 1 aliphatic heterocycles. The molecule has 136 valence electrons. The van der Waals surface area contributed by atoms with E-state index in [0.29, 0.717) is 28.5 Å². The Morgan fingerprint density at radius 2 is 1.62 bits per heavy atom. The summed E-state index contributed by atoms with van der Waals surface area (Å²) in [5.74, 6) is 1.45. The zero-order valence-electron chi connectivity index (χ0n) is 15.0. The van der Waals surface area contributed by atoms with E-state index in [-0.39, 0.29) is 5.91 Å². The molecule has 1 N–H and O–H groups in total. The average molecular weight is 373 g/mol. The molecular weight excluding hydrogens is 353 g/mol. The van der Waals surface area contributed by atoms with Crippen molar-refractivity contribution in [2.45, 2.75) is 0 Å². The van der Waals surface area contributed by atoms with Gasteiger partial charge in [0, 0.05) is 30.5 Å². The molecule has 0 fully saturated rings. The number of carbonyl (C=O) groups is 1. The van der Waals surface area contributed by atoms with Gasteiger partial charge in [0.25, 0.3) is 5.91 Å². The zero-order valence-corrected chi connectivity index (χ0v) is 15.9. The summed E-state index contributed by atoms with van der Waals surface area (Å²) in [4.78, 5) is 12.4. The first-order chi connectivity index (χ1) is 12.3. The summed E-state index contributed by atoms with van der Waals surface area (Å²) >= 11 is 0. The summed E-state index contributed by atoms with van der Waals surface area (Å²) < 4.78 is 27.7. The van der Waals surface area contributed by atoms with E-state index in [0.717, 1.165) is 11.1 Å². The van der Waals surface area contributed by atoms with Gasteiger partial charge in [-0.2, -0.15) is 0 Å². The van der Waals surface area contributed by atoms with Crippen LogP contribution in [0.3, 0.4) is 0 Å². The van der Waals surface area contributed by atoms with Crippen LogP contribution in [-0.2, 0) is 9.36 Å². The summed E-state index contributed by atoms with van der Waals surface area (Å²) in [6, 6.07) is 10.6. The molecule has 1 heterocycles. The molecule has 0 aliphatic carbocycles. The van der Waals surface area contributed by atoms with Gasteiger partial charge in [-0.05, 0) is 29.8 Å². The van der Waals surface area contributed by atoms with Crippen LogP contribution in [0.2, 0.25) is 0 Å². The van der Waals surface area contributed by atoms with E-state index < -0.39 is 7.37 Å². The summed E-state index contributed by atoms with van der Waals surface area (Å²) in [6.07, 6.45) is 1.79. The lowest BCUT2D eigenvalue weighted by molar-refractivity contribution is -0.110. The van der Waals surface area contributed by atoms with E-state index in [9.17, 15) is 9.36 Å². The van der Waals surface area contributed by atoms with Crippen molar-refractivity contribution >= 4 is 30.6 Å². The zero-order chi connectivity index (χ0) is 18.9. The lowest BCUT2D eigenvalue weighted by Gasteiger charge is -2.10. The minimum Gasteiger partial charge on any atom is -0.493 e. The van der Waals surface area contributed by atoms with Crippen molar-refractivity contribution < 1.29 is 23.4 Å². The molecule has 0 spiro atoms. The summed E-state index contributed by atoms with van der Waals surface area (Å²) in [7, 11) is 0.493. The molecule has 0 bridgehead atoms. The highest BCUT2D eigenvalue weighted by Gasteiger charge is 2.26. The second kappa shape index (κ2) is 6.89. The number of fused-ring (bicyclic) bond motifs is 1. The minimum absolute atomic E-state index is 0.192. The highest BCUT2D eigenvalue weighted by atomic mass is 31.2. The molecule has 26 heavy (non-hydrogen) atoms. The van der Waals surface area contributed by atoms with Gasteiger partial charge < -0.3 is 19.3 Å². The normalized spacial score (nSPS) is 14.8. The first-order valence-corrected chi connectivity index (χ1v) is 10.5. The van der Waals surface area contributed by atoms with Crippen LogP contribution < -0.4 is 19.3 Å². The molecule has 6 nitrogen and oxygen atoms in total. The van der Waals surface area contributed by atoms with E-state index >= 15 is 0 Å². The van der Waals surface area contributed by atoms with Crippen LogP contribution in [0.1, 0.15) is 11.1 Å². The Labute approximate surface area is 152 Å². The summed E-state index contributed by atoms with van der Waals surface area (Å²) in [5, 5.41) is 2.83. The van der Waals surface area contributed by atoms with Gasteiger partial charge in [-0.25, -0.2) is 0 Å². The van der Waals surface area contributed by atoms with Crippen LogP contribution in [0.15, 0.2) is 36.4 Å². The smallest absolute Gasteiger partial charge is 0.256 e. The molecule has 2 aromatic carbocycles. The van der Waals surface area contributed by atoms with Crippen molar-refractivity contribution in [1.29, 1.82) is 0 Å². The fraction of sp³-hybridized carbons (Fsp3) is 0.211. The molecule has 7 heteroatoms. The maximum absolute atomic E-state index is 12.4. The Morgan fingerprint density at radius 3 is 2.19 bits per heavy atom. The summed E-state index contributed by atoms with van der Waals surface area (Å²) in [6.45, 7) is 3.12. The Morgan fingerprint density at radius 1 is 1.00 bits per heavy atom. The van der Waals surface area contributed by atoms with Crippen LogP contribution in [0.5, 0.6) is 17.2 Å². The highest BCUT2D eigenvalue weighted by Crippen LogP contribution is 2.41. The SMILES string of the molecule is COc1cc2c(cc1OC)C(=Cc1ccc(OP(C)(C)=O)cc1)C(=O)N2. The molecular formula is C19H20NO5P. The van der Waals surface area contributed by atoms with E-state index in [1.807, 2.05) is 12.1 Å². The van der Waals surface area contributed by atoms with Crippen LogP contribution in [0.25, 0.3) is 11.6 Å². The number of methoxy groups -OCH3 is 2. The van der Waals surface area contributed by atoms with Crippen LogP contribution in [0.4, 0.5) is 5.69 Å². The van der Waals surface area contributed by atoms with Crippen LogP contribution in [0, 0.1) is 0 Å². The van der Waals surface area contributed by atoms with Gasteiger partial charge >= 0.3 is 0 Å². The number of amides is 1. The average Bonchev–Trinajstić information content (AvgIpc) is 2.88. The monoisotopic (exact) mass is 373 g/mol. The third kappa shape index (κ3) is 3.75. The minimum atomic E-state index is -2.61. The van der Waals surface area contributed by atoms with Crippen molar-refractivity contribution in [2.75, 3.05) is 32.9 Å². The number of benzene rings is 2. The largest absolute Gasteiger partial charge is 0.493 e. The van der Waals surface area contributed by atoms with Crippen molar-refractivity contribution in [3.63, 3.8) is 0 Å². The predicted molar refractivity (Wildman–Crippen MR) is 103 cm³/mol. The quantitative estimate of drug-likeness (QED) is 0.631. The second-order valence-electron chi connectivity index (χ2n) is 6.18. The number of nitrogens with one attached hydrogen (secondary N) is 1. The first-order valence-electron chi connectivity index (χ1n) is 7.95. The number of hydrogen-bond donors (Lipinski definition) is 1. The maximum atomic E-state index is 12.4. The van der Waals surface area contributed by atoms with Gasteiger partial charge in [0.1, 0.15) is 5.75 Å². The number of hydrogen-bond acceptors (Lipinski definition) is 5. The molecule has 1 amide bonds. The molecule has 0 radical (unpaired) electrons. The van der Waals surface area contributed by atoms with Gasteiger partial charge in [-0.15, -0.1) is 0 Å². The number of rotatable bonds is 5. The Bertz CT molecular complexity index is 928. The Hall–Kier alpha value is -2.72. The molecule has 0 unspecified atom stereocenters. The Balaban J connectivity index is 1.95. The predicted octanol–water partition coefficient (Wildman–Crippen LogP) is 4.11. The maximum Gasteiger partial charge on any atom is 0.256 e. The number of carbonyl (C=O) groups excluding carboxylic acids is 1. The van der Waals surface area contributed by atoms with Gasteiger partial charge in [-0.1, -0.05) is 12.1 Å². The third-order valence-electron chi connectivity index (χ3n) is 3.82. The summed E-state index contributed by atoms with van der Waals surface area (Å²) in [5.41, 5.74) is 2.79. The lowest BCUT2D eigenvalue weighted by atomic mass is 10.0. The molecule has 1 aliphatic rings. The molecule has 0 saturated heterocycles. The third-order valence-corrected chi connectivity index (χ3v) is 4.47. The molecule has 3 rings (SSSR count). The van der Waals surface area contributed by atoms with Gasteiger partial charge in [0.2, 0.25) is 7.37 Å². The molecule has 0 aromatic heterocycles. The fourth-order valence-electron chi connectivity index (χ4n) is 2.71. The van der Waals surface area contributed by atoms with Crippen molar-refractivity contribution in [2.24, 2.45) is 0 Å². The first kappa shape index (κ1) is 18.1. The van der Waals surface area contributed by atoms with Crippen LogP contribution in [-0.4, -0.2) is 33.5 Å². The van der Waals surface area contributed by atoms with Crippen LogP contribution >= 0.6 is 7.37 Å². The van der Waals surface area contributed by atoms with Crippen molar-refractivity contribution in [3.8, 4) is 17.2 Å². The van der Waals surface area contributed by atoms with E-state index in [1.54, 1.807) is 57.9 Å². The Kier molecular flexibility index (Phi) is 4.79.